The van der Waals surface area contributed by atoms with Gasteiger partial charge in [-0.3, -0.25) is 10.1 Å². The lowest BCUT2D eigenvalue weighted by atomic mass is 10.2. The lowest BCUT2D eigenvalue weighted by molar-refractivity contribution is -0.120. The van der Waals surface area contributed by atoms with Crippen molar-refractivity contribution >= 4 is 79.4 Å². The van der Waals surface area contributed by atoms with Crippen molar-refractivity contribution in [1.29, 1.82) is 0 Å². The fraction of sp³-hybridized carbons (Fsp3) is 0.0800. The van der Waals surface area contributed by atoms with E-state index < -0.39 is 6.03 Å². The molecule has 13 heteroatoms. The van der Waals surface area contributed by atoms with Crippen molar-refractivity contribution < 1.29 is 14.3 Å². The van der Waals surface area contributed by atoms with Gasteiger partial charge in [-0.05, 0) is 66.2 Å². The third kappa shape index (κ3) is 8.52. The van der Waals surface area contributed by atoms with Gasteiger partial charge in [-0.1, -0.05) is 56.5 Å². The number of aromatic nitrogens is 2. The minimum Gasteiger partial charge on any atom is -0.489 e. The molecule has 0 aliphatic heterocycles. The second-order valence-electron chi connectivity index (χ2n) is 7.65. The number of hydrogen-bond donors (Lipinski definition) is 3. The molecule has 0 unspecified atom stereocenters. The molecule has 3 amide bonds. The van der Waals surface area contributed by atoms with Crippen LogP contribution in [0.5, 0.6) is 5.75 Å². The second kappa shape index (κ2) is 13.3. The molecular formula is C25H19BrCl2N6O3S. The predicted octanol–water partition coefficient (Wildman–Crippen LogP) is 6.52. The number of hydrogen-bond acceptors (Lipinski definition) is 7. The largest absolute Gasteiger partial charge is 0.489 e. The number of benzene rings is 3. The van der Waals surface area contributed by atoms with Gasteiger partial charge in [-0.2, -0.15) is 5.10 Å². The molecule has 0 fully saturated rings. The Hall–Kier alpha value is -3.51. The normalized spacial score (nSPS) is 10.8. The molecule has 0 aliphatic rings. The zero-order valence-corrected chi connectivity index (χ0v) is 23.4. The number of rotatable bonds is 9. The number of urea groups is 1. The number of nitrogens with one attached hydrogen (secondary N) is 3. The minimum absolute atomic E-state index is 0.0367. The van der Waals surface area contributed by atoms with Crippen LogP contribution in [0.25, 0.3) is 0 Å². The number of nitrogens with zero attached hydrogens (tertiary/aromatic N) is 3. The zero-order chi connectivity index (χ0) is 26.9. The first kappa shape index (κ1) is 27.5. The average molecular weight is 634 g/mol. The van der Waals surface area contributed by atoms with E-state index in [2.05, 4.69) is 47.3 Å². The molecule has 0 radical (unpaired) electrons. The highest BCUT2D eigenvalue weighted by Gasteiger charge is 2.11. The monoisotopic (exact) mass is 632 g/mol. The van der Waals surface area contributed by atoms with Gasteiger partial charge in [0, 0.05) is 25.8 Å². The molecule has 0 spiro atoms. The number of carbonyl (C=O) groups is 2. The first-order valence-electron chi connectivity index (χ1n) is 11.0. The van der Waals surface area contributed by atoms with Crippen molar-refractivity contribution in [1.82, 2.24) is 15.6 Å². The third-order valence-corrected chi connectivity index (χ3v) is 6.75. The van der Waals surface area contributed by atoms with Gasteiger partial charge in [0.15, 0.2) is 0 Å². The van der Waals surface area contributed by atoms with E-state index in [0.29, 0.717) is 33.1 Å². The summed E-state index contributed by atoms with van der Waals surface area (Å²) in [5.41, 5.74) is 4.66. The van der Waals surface area contributed by atoms with Gasteiger partial charge in [0.05, 0.1) is 12.6 Å². The topological polar surface area (TPSA) is 118 Å². The number of anilines is 2. The van der Waals surface area contributed by atoms with Gasteiger partial charge in [0.25, 0.3) is 0 Å². The molecule has 1 aromatic heterocycles. The summed E-state index contributed by atoms with van der Waals surface area (Å²) >= 11 is 16.5. The lowest BCUT2D eigenvalue weighted by Gasteiger charge is -2.08. The van der Waals surface area contributed by atoms with E-state index >= 15 is 0 Å². The summed E-state index contributed by atoms with van der Waals surface area (Å²) in [6, 6.07) is 19.1. The highest BCUT2D eigenvalue weighted by atomic mass is 79.9. The summed E-state index contributed by atoms with van der Waals surface area (Å²) in [6.45, 7) is 0.304. The first-order valence-corrected chi connectivity index (χ1v) is 13.4. The van der Waals surface area contributed by atoms with E-state index in [0.717, 1.165) is 26.9 Å². The second-order valence-corrected chi connectivity index (χ2v) is 10.5. The summed E-state index contributed by atoms with van der Waals surface area (Å²) < 4.78 is 6.65. The predicted molar refractivity (Wildman–Crippen MR) is 153 cm³/mol. The Morgan fingerprint density at radius 1 is 1.00 bits per heavy atom. The summed E-state index contributed by atoms with van der Waals surface area (Å²) in [5, 5.41) is 18.9. The Balaban J connectivity index is 1.20. The number of amides is 3. The maximum Gasteiger partial charge on any atom is 0.325 e. The molecule has 3 N–H and O–H groups in total. The molecule has 38 heavy (non-hydrogen) atoms. The van der Waals surface area contributed by atoms with Crippen LogP contribution < -0.4 is 20.8 Å². The van der Waals surface area contributed by atoms with Crippen molar-refractivity contribution in [3.8, 4) is 5.75 Å². The fourth-order valence-electron chi connectivity index (χ4n) is 2.97. The van der Waals surface area contributed by atoms with E-state index in [1.165, 1.54) is 6.21 Å². The third-order valence-electron chi connectivity index (χ3n) is 4.79. The van der Waals surface area contributed by atoms with Crippen molar-refractivity contribution in [2.24, 2.45) is 5.10 Å². The van der Waals surface area contributed by atoms with E-state index in [4.69, 9.17) is 27.9 Å². The number of hydrazone groups is 1. The van der Waals surface area contributed by atoms with E-state index in [1.807, 2.05) is 18.2 Å². The van der Waals surface area contributed by atoms with Crippen LogP contribution in [0.15, 0.2) is 76.3 Å². The van der Waals surface area contributed by atoms with Gasteiger partial charge >= 0.3 is 6.03 Å². The number of carbonyl (C=O) groups excluding carboxylic acids is 2. The molecule has 194 valence electrons. The van der Waals surface area contributed by atoms with Crippen molar-refractivity contribution in [2.45, 2.75) is 13.0 Å². The number of ether oxygens (including phenoxy) is 1. The van der Waals surface area contributed by atoms with Gasteiger partial charge in [0.2, 0.25) is 11.0 Å². The van der Waals surface area contributed by atoms with Crippen LogP contribution in [0, 0.1) is 0 Å². The Bertz CT molecular complexity index is 1450. The summed E-state index contributed by atoms with van der Waals surface area (Å²) in [6.07, 6.45) is 1.47. The van der Waals surface area contributed by atoms with Crippen LogP contribution in [-0.2, 0) is 17.8 Å². The quantitative estimate of drug-likeness (QED) is 0.143. The van der Waals surface area contributed by atoms with Gasteiger partial charge in [-0.25, -0.2) is 10.2 Å². The van der Waals surface area contributed by atoms with Crippen LogP contribution in [0.4, 0.5) is 15.6 Å². The molecular weight excluding hydrogens is 615 g/mol. The highest BCUT2D eigenvalue weighted by Crippen LogP contribution is 2.23. The molecule has 4 aromatic rings. The SMILES string of the molecule is O=C(Cc1nnc(NC(=O)Nc2ccc(Br)cc2)s1)N/N=C\c1ccc(OCc2ccc(Cl)cc2Cl)cc1. The molecule has 0 atom stereocenters. The average Bonchev–Trinajstić information content (AvgIpc) is 3.32. The molecule has 0 aliphatic carbocycles. The lowest BCUT2D eigenvalue weighted by Crippen LogP contribution is -2.19. The van der Waals surface area contributed by atoms with Gasteiger partial charge in [0.1, 0.15) is 17.4 Å². The summed E-state index contributed by atoms with van der Waals surface area (Å²) in [7, 11) is 0. The highest BCUT2D eigenvalue weighted by molar-refractivity contribution is 9.10. The Kier molecular flexibility index (Phi) is 9.66. The van der Waals surface area contributed by atoms with Crippen molar-refractivity contribution in [2.75, 3.05) is 10.6 Å². The maximum atomic E-state index is 12.2. The van der Waals surface area contributed by atoms with Gasteiger partial charge < -0.3 is 10.1 Å². The van der Waals surface area contributed by atoms with Crippen LogP contribution in [0.1, 0.15) is 16.1 Å². The summed E-state index contributed by atoms with van der Waals surface area (Å²) in [4.78, 5) is 24.3. The maximum absolute atomic E-state index is 12.2. The molecule has 9 nitrogen and oxygen atoms in total. The Morgan fingerprint density at radius 3 is 2.50 bits per heavy atom. The van der Waals surface area contributed by atoms with Crippen LogP contribution >= 0.6 is 50.5 Å². The van der Waals surface area contributed by atoms with Crippen LogP contribution in [0.2, 0.25) is 10.0 Å². The van der Waals surface area contributed by atoms with Crippen LogP contribution in [-0.4, -0.2) is 28.4 Å². The Labute approximate surface area is 240 Å². The summed E-state index contributed by atoms with van der Waals surface area (Å²) in [5.74, 6) is 0.284. The molecule has 0 bridgehead atoms. The van der Waals surface area contributed by atoms with E-state index in [9.17, 15) is 9.59 Å². The molecule has 1 heterocycles. The van der Waals surface area contributed by atoms with E-state index in [-0.39, 0.29) is 17.5 Å². The first-order chi connectivity index (χ1) is 18.3. The number of halogens is 3. The molecule has 0 saturated heterocycles. The molecule has 3 aromatic carbocycles. The molecule has 0 saturated carbocycles. The zero-order valence-electron chi connectivity index (χ0n) is 19.5. The van der Waals surface area contributed by atoms with Crippen LogP contribution in [0.3, 0.4) is 0 Å². The van der Waals surface area contributed by atoms with Gasteiger partial charge in [-0.15, -0.1) is 10.2 Å². The molecule has 4 rings (SSSR count). The van der Waals surface area contributed by atoms with Crippen molar-refractivity contribution in [3.05, 3.63) is 97.4 Å². The fourth-order valence-corrected chi connectivity index (χ4v) is 4.43. The Morgan fingerprint density at radius 2 is 1.76 bits per heavy atom. The van der Waals surface area contributed by atoms with E-state index in [1.54, 1.807) is 48.5 Å². The smallest absolute Gasteiger partial charge is 0.325 e. The standard InChI is InChI=1S/C25H19BrCl2N6O3S/c26-17-4-7-19(8-5-17)30-24(36)31-25-34-33-23(38-25)12-22(35)32-29-13-15-1-9-20(10-2-15)37-14-16-3-6-18(27)11-21(16)28/h1-11,13H,12,14H2,(H,32,35)(H2,30,31,34,36)/b29-13-. The minimum atomic E-state index is -0.464. The van der Waals surface area contributed by atoms with Crippen molar-refractivity contribution in [3.63, 3.8) is 0 Å².